The molecule has 0 saturated heterocycles. The molecule has 0 radical (unpaired) electrons. The highest BCUT2D eigenvalue weighted by molar-refractivity contribution is 7.19. The van der Waals surface area contributed by atoms with E-state index in [1.54, 1.807) is 0 Å². The molecule has 1 spiro atoms. The molecule has 1 unspecified atom stereocenters. The smallest absolute Gasteiger partial charge is 0.0771 e. The predicted molar refractivity (Wildman–Crippen MR) is 234 cm³/mol. The van der Waals surface area contributed by atoms with Crippen LogP contribution in [-0.2, 0) is 5.41 Å². The number of nitrogens with zero attached hydrogens (tertiary/aromatic N) is 2. The zero-order chi connectivity index (χ0) is 37.4. The fourth-order valence-electron chi connectivity index (χ4n) is 9.52. The van der Waals surface area contributed by atoms with Crippen LogP contribution in [0.4, 0.5) is 11.4 Å². The van der Waals surface area contributed by atoms with Crippen molar-refractivity contribution >= 4 is 28.4 Å². The van der Waals surface area contributed by atoms with Crippen molar-refractivity contribution in [3.05, 3.63) is 216 Å². The first-order valence-electron chi connectivity index (χ1n) is 19.4. The number of anilines is 2. The zero-order valence-corrected chi connectivity index (χ0v) is 32.1. The molecule has 3 heterocycles. The topological polar surface area (TPSA) is 28.2 Å². The number of aromatic nitrogens is 1. The standard InChI is InChI=1S/C52H39N3S/c1-51(2)30-12-23-44(51)55(38-26-24-35(25-27-38)34-15-6-3-7-16-34)39-28-29-40-43(33-39)52(41-21-13-31-53-47(40)41)42-22-14-32-54-48(42)45-46(52)50(37-19-10-5-11-20-37)56-49(45)36-17-8-4-9-18-36/h3-31,33,54H,32H2,1-2H3. The number of benzene rings is 5. The Morgan fingerprint density at radius 1 is 0.661 bits per heavy atom. The number of rotatable bonds is 6. The van der Waals surface area contributed by atoms with E-state index in [0.29, 0.717) is 0 Å². The summed E-state index contributed by atoms with van der Waals surface area (Å²) in [5, 5.41) is 3.91. The van der Waals surface area contributed by atoms with Crippen LogP contribution in [0, 0.1) is 5.41 Å². The van der Waals surface area contributed by atoms with Crippen molar-refractivity contribution in [1.82, 2.24) is 10.3 Å². The van der Waals surface area contributed by atoms with E-state index in [4.69, 9.17) is 4.98 Å². The van der Waals surface area contributed by atoms with Gasteiger partial charge < -0.3 is 10.2 Å². The second-order valence-corrected chi connectivity index (χ2v) is 16.6. The molecule has 11 rings (SSSR count). The number of dihydropyridines is 1. The molecule has 0 saturated carbocycles. The quantitative estimate of drug-likeness (QED) is 0.184. The first kappa shape index (κ1) is 32.9. The molecule has 4 heteroatoms. The molecule has 0 bridgehead atoms. The Hall–Kier alpha value is -6.49. The van der Waals surface area contributed by atoms with Crippen LogP contribution in [-0.4, -0.2) is 11.5 Å². The summed E-state index contributed by atoms with van der Waals surface area (Å²) in [5.74, 6) is 0. The third kappa shape index (κ3) is 4.72. The third-order valence-electron chi connectivity index (χ3n) is 12.0. The lowest BCUT2D eigenvalue weighted by atomic mass is 9.69. The van der Waals surface area contributed by atoms with Crippen molar-refractivity contribution in [1.29, 1.82) is 0 Å². The number of fused-ring (bicyclic) bond motifs is 9. The molecule has 1 N–H and O–H groups in total. The van der Waals surface area contributed by atoms with Gasteiger partial charge in [-0.1, -0.05) is 153 Å². The predicted octanol–water partition coefficient (Wildman–Crippen LogP) is 13.0. The van der Waals surface area contributed by atoms with Gasteiger partial charge in [0.15, 0.2) is 0 Å². The highest BCUT2D eigenvalue weighted by Crippen LogP contribution is 2.67. The Balaban J connectivity index is 1.19. The highest BCUT2D eigenvalue weighted by Gasteiger charge is 2.56. The van der Waals surface area contributed by atoms with Crippen molar-refractivity contribution < 1.29 is 0 Å². The van der Waals surface area contributed by atoms with Crippen LogP contribution < -0.4 is 10.2 Å². The second kappa shape index (κ2) is 12.5. The summed E-state index contributed by atoms with van der Waals surface area (Å²) in [6, 6.07) is 53.2. The minimum absolute atomic E-state index is 0.163. The van der Waals surface area contributed by atoms with Crippen molar-refractivity contribution in [3.63, 3.8) is 0 Å². The van der Waals surface area contributed by atoms with Gasteiger partial charge in [0.05, 0.1) is 11.1 Å². The maximum atomic E-state index is 5.17. The van der Waals surface area contributed by atoms with E-state index in [9.17, 15) is 0 Å². The number of hydrogen-bond acceptors (Lipinski definition) is 4. The average Bonchev–Trinajstić information content (AvgIpc) is 3.98. The summed E-state index contributed by atoms with van der Waals surface area (Å²) in [6.45, 7) is 5.41. The molecule has 1 aliphatic heterocycles. The summed E-state index contributed by atoms with van der Waals surface area (Å²) in [7, 11) is 0. The second-order valence-electron chi connectivity index (χ2n) is 15.6. The molecule has 4 aliphatic rings. The van der Waals surface area contributed by atoms with Crippen molar-refractivity contribution in [2.75, 3.05) is 11.4 Å². The van der Waals surface area contributed by atoms with E-state index < -0.39 is 5.41 Å². The normalized spacial score (nSPS) is 18.0. The summed E-state index contributed by atoms with van der Waals surface area (Å²) >= 11 is 1.91. The zero-order valence-electron chi connectivity index (χ0n) is 31.3. The molecule has 0 fully saturated rings. The Kier molecular flexibility index (Phi) is 7.36. The Morgan fingerprint density at radius 3 is 2.02 bits per heavy atom. The number of allylic oxidation sites excluding steroid dienone is 5. The van der Waals surface area contributed by atoms with E-state index in [0.717, 1.165) is 23.6 Å². The van der Waals surface area contributed by atoms with E-state index in [1.165, 1.54) is 76.8 Å². The molecule has 7 aromatic rings. The van der Waals surface area contributed by atoms with Crippen LogP contribution in [0.5, 0.6) is 0 Å². The molecule has 2 aromatic heterocycles. The van der Waals surface area contributed by atoms with Crippen LogP contribution in [0.2, 0.25) is 0 Å². The largest absolute Gasteiger partial charge is 0.381 e. The van der Waals surface area contributed by atoms with Crippen molar-refractivity contribution in [2.24, 2.45) is 5.41 Å². The van der Waals surface area contributed by atoms with Gasteiger partial charge in [-0.05, 0) is 75.4 Å². The molecule has 5 aromatic carbocycles. The highest BCUT2D eigenvalue weighted by atomic mass is 32.1. The molecule has 0 amide bonds. The van der Waals surface area contributed by atoms with Crippen molar-refractivity contribution in [2.45, 2.75) is 19.3 Å². The van der Waals surface area contributed by atoms with Gasteiger partial charge in [0.25, 0.3) is 0 Å². The van der Waals surface area contributed by atoms with E-state index in [1.807, 2.05) is 17.5 Å². The Bertz CT molecular complexity index is 2810. The molecular weight excluding hydrogens is 699 g/mol. The lowest BCUT2D eigenvalue weighted by Gasteiger charge is -2.36. The summed E-state index contributed by atoms with van der Waals surface area (Å²) < 4.78 is 0. The molecule has 3 nitrogen and oxygen atoms in total. The summed E-state index contributed by atoms with van der Waals surface area (Å²) in [4.78, 5) is 10.2. The van der Waals surface area contributed by atoms with Crippen LogP contribution in [0.1, 0.15) is 36.1 Å². The van der Waals surface area contributed by atoms with Gasteiger partial charge in [-0.3, -0.25) is 4.98 Å². The number of hydrogen-bond donors (Lipinski definition) is 1. The molecular formula is C52H39N3S. The molecule has 268 valence electrons. The van der Waals surface area contributed by atoms with Gasteiger partial charge >= 0.3 is 0 Å². The average molecular weight is 738 g/mol. The van der Waals surface area contributed by atoms with Crippen LogP contribution in [0.25, 0.3) is 49.0 Å². The number of thiophene rings is 1. The van der Waals surface area contributed by atoms with Gasteiger partial charge in [0.2, 0.25) is 0 Å². The van der Waals surface area contributed by atoms with Gasteiger partial charge in [0, 0.05) is 67.4 Å². The van der Waals surface area contributed by atoms with Gasteiger partial charge in [-0.2, -0.15) is 0 Å². The van der Waals surface area contributed by atoms with E-state index in [-0.39, 0.29) is 5.41 Å². The van der Waals surface area contributed by atoms with E-state index in [2.05, 4.69) is 200 Å². The SMILES string of the molecule is CC1(C)C=CC=C1N(c1ccc(-c2ccccc2)cc1)c1ccc2c(c1)C1(C3=C(NCC=C3)c3c(-c4ccccc4)sc(-c4ccccc4)c31)c1cccnc1-2. The Labute approximate surface area is 332 Å². The number of pyridine rings is 1. The lowest BCUT2D eigenvalue weighted by Crippen LogP contribution is -2.30. The minimum atomic E-state index is -0.584. The first-order valence-corrected chi connectivity index (χ1v) is 20.3. The fourth-order valence-corrected chi connectivity index (χ4v) is 10.9. The van der Waals surface area contributed by atoms with Gasteiger partial charge in [-0.25, -0.2) is 0 Å². The molecule has 56 heavy (non-hydrogen) atoms. The number of nitrogens with one attached hydrogen (secondary N) is 1. The molecule has 3 aliphatic carbocycles. The summed E-state index contributed by atoms with van der Waals surface area (Å²) in [5.41, 5.74) is 17.6. The maximum absolute atomic E-state index is 5.17. The van der Waals surface area contributed by atoms with Gasteiger partial charge in [0.1, 0.15) is 0 Å². The van der Waals surface area contributed by atoms with Crippen LogP contribution >= 0.6 is 11.3 Å². The maximum Gasteiger partial charge on any atom is 0.0771 e. The minimum Gasteiger partial charge on any atom is -0.381 e. The lowest BCUT2D eigenvalue weighted by molar-refractivity contribution is 0.578. The monoisotopic (exact) mass is 737 g/mol. The van der Waals surface area contributed by atoms with Crippen LogP contribution in [0.3, 0.4) is 0 Å². The van der Waals surface area contributed by atoms with Crippen LogP contribution in [0.15, 0.2) is 193 Å². The fraction of sp³-hybridized carbons (Fsp3) is 0.0962. The first-order chi connectivity index (χ1) is 27.5. The summed E-state index contributed by atoms with van der Waals surface area (Å²) in [6.07, 6.45) is 13.4. The Morgan fingerprint density at radius 2 is 1.32 bits per heavy atom. The van der Waals surface area contributed by atoms with Gasteiger partial charge in [-0.15, -0.1) is 11.3 Å². The van der Waals surface area contributed by atoms with Crippen molar-refractivity contribution in [3.8, 4) is 43.3 Å². The third-order valence-corrected chi connectivity index (χ3v) is 13.3. The molecule has 1 atom stereocenters. The van der Waals surface area contributed by atoms with E-state index >= 15 is 0 Å².